The molecule has 140 valence electrons. The van der Waals surface area contributed by atoms with E-state index in [9.17, 15) is 13.2 Å². The maximum absolute atomic E-state index is 12.4. The number of nitrogens with one attached hydrogen (secondary N) is 1. The van der Waals surface area contributed by atoms with Gasteiger partial charge in [-0.1, -0.05) is 35.9 Å². The molecular weight excluding hydrogens is 368 g/mol. The van der Waals surface area contributed by atoms with Crippen LogP contribution in [0.3, 0.4) is 0 Å². The van der Waals surface area contributed by atoms with E-state index in [-0.39, 0.29) is 30.0 Å². The van der Waals surface area contributed by atoms with Crippen molar-refractivity contribution in [2.24, 2.45) is 0 Å². The molecular formula is C19H25N2O3S2+. The first-order chi connectivity index (χ1) is 12.3. The van der Waals surface area contributed by atoms with E-state index in [1.54, 1.807) is 11.3 Å². The van der Waals surface area contributed by atoms with E-state index >= 15 is 0 Å². The third-order valence-corrected chi connectivity index (χ3v) is 7.63. The van der Waals surface area contributed by atoms with Crippen LogP contribution in [-0.2, 0) is 14.6 Å². The van der Waals surface area contributed by atoms with E-state index in [0.29, 0.717) is 6.42 Å². The fourth-order valence-electron chi connectivity index (χ4n) is 3.38. The lowest BCUT2D eigenvalue weighted by molar-refractivity contribution is -0.676. The van der Waals surface area contributed by atoms with Gasteiger partial charge >= 0.3 is 0 Å². The molecule has 0 radical (unpaired) electrons. The summed E-state index contributed by atoms with van der Waals surface area (Å²) in [5.74, 6) is 0.0467. The van der Waals surface area contributed by atoms with Crippen LogP contribution < -0.4 is 10.6 Å². The van der Waals surface area contributed by atoms with Gasteiger partial charge in [-0.3, -0.25) is 4.79 Å². The van der Waals surface area contributed by atoms with Crippen LogP contribution in [0.4, 0.5) is 0 Å². The van der Waals surface area contributed by atoms with Gasteiger partial charge in [0.25, 0.3) is 5.91 Å². The molecule has 2 aromatic rings. The second-order valence-corrected chi connectivity index (χ2v) is 10.5. The zero-order chi connectivity index (χ0) is 18.8. The van der Waals surface area contributed by atoms with Gasteiger partial charge in [0.15, 0.2) is 16.4 Å². The highest BCUT2D eigenvalue weighted by Gasteiger charge is 2.39. The van der Waals surface area contributed by atoms with Gasteiger partial charge in [-0.25, -0.2) is 8.42 Å². The summed E-state index contributed by atoms with van der Waals surface area (Å²) >= 11 is 1.67. The van der Waals surface area contributed by atoms with Crippen LogP contribution >= 0.6 is 11.3 Å². The van der Waals surface area contributed by atoms with E-state index in [2.05, 4.69) is 42.6 Å². The quantitative estimate of drug-likeness (QED) is 0.779. The molecule has 2 heterocycles. The number of thiophene rings is 1. The zero-order valence-corrected chi connectivity index (χ0v) is 16.7. The highest BCUT2D eigenvalue weighted by Crippen LogP contribution is 2.24. The molecule has 1 aliphatic heterocycles. The number of aryl methyl sites for hydroxylation is 1. The number of nitrogens with two attached hydrogens (primary N) is 1. The maximum Gasteiger partial charge on any atom is 0.275 e. The van der Waals surface area contributed by atoms with Gasteiger partial charge in [-0.2, -0.15) is 0 Å². The van der Waals surface area contributed by atoms with Crippen LogP contribution in [0.1, 0.15) is 35.4 Å². The van der Waals surface area contributed by atoms with Gasteiger partial charge in [0, 0.05) is 5.56 Å². The van der Waals surface area contributed by atoms with E-state index in [1.165, 1.54) is 10.4 Å². The van der Waals surface area contributed by atoms with Crippen molar-refractivity contribution in [1.82, 2.24) is 5.32 Å². The molecule has 1 fully saturated rings. The predicted molar refractivity (Wildman–Crippen MR) is 104 cm³/mol. The Bertz CT molecular complexity index is 861. The van der Waals surface area contributed by atoms with Crippen molar-refractivity contribution in [2.75, 3.05) is 18.1 Å². The summed E-state index contributed by atoms with van der Waals surface area (Å²) in [6, 6.07) is 12.5. The third kappa shape index (κ3) is 4.72. The summed E-state index contributed by atoms with van der Waals surface area (Å²) in [4.78, 5) is 13.6. The Morgan fingerprint density at radius 1 is 1.31 bits per heavy atom. The number of benzene rings is 1. The maximum atomic E-state index is 12.4. The van der Waals surface area contributed by atoms with Gasteiger partial charge in [0.05, 0.1) is 21.9 Å². The minimum Gasteiger partial charge on any atom is -0.345 e. The summed E-state index contributed by atoms with van der Waals surface area (Å²) in [6.07, 6.45) is 0.480. The topological polar surface area (TPSA) is 79.8 Å². The first-order valence-corrected chi connectivity index (χ1v) is 11.4. The Balaban J connectivity index is 1.66. The molecule has 3 N–H and O–H groups in total. The van der Waals surface area contributed by atoms with Crippen molar-refractivity contribution in [3.8, 4) is 0 Å². The number of quaternary nitrogens is 1. The number of carbonyl (C=O) groups excluding carboxylic acids is 1. The van der Waals surface area contributed by atoms with Crippen LogP contribution in [0, 0.1) is 6.92 Å². The van der Waals surface area contributed by atoms with E-state index in [1.807, 2.05) is 23.7 Å². The molecule has 1 amide bonds. The summed E-state index contributed by atoms with van der Waals surface area (Å²) in [7, 11) is -3.04. The van der Waals surface area contributed by atoms with Gasteiger partial charge in [-0.15, -0.1) is 11.3 Å². The molecule has 0 aliphatic carbocycles. The van der Waals surface area contributed by atoms with Crippen molar-refractivity contribution in [2.45, 2.75) is 31.8 Å². The largest absolute Gasteiger partial charge is 0.345 e. The van der Waals surface area contributed by atoms with Crippen molar-refractivity contribution in [3.05, 3.63) is 57.8 Å². The minimum atomic E-state index is -3.04. The number of hydrogen-bond acceptors (Lipinski definition) is 4. The lowest BCUT2D eigenvalue weighted by Crippen LogP contribution is -2.88. The van der Waals surface area contributed by atoms with Crippen LogP contribution in [-0.4, -0.2) is 37.9 Å². The zero-order valence-electron chi connectivity index (χ0n) is 15.1. The number of hydrogen-bond donors (Lipinski definition) is 2. The van der Waals surface area contributed by atoms with Gasteiger partial charge in [-0.05, 0) is 31.7 Å². The Kier molecular flexibility index (Phi) is 5.50. The van der Waals surface area contributed by atoms with E-state index < -0.39 is 15.4 Å². The second kappa shape index (κ2) is 7.50. The summed E-state index contributed by atoms with van der Waals surface area (Å²) < 4.78 is 23.4. The molecule has 2 atom stereocenters. The standard InChI is InChI=1S/C19H24N2O3S2/c1-14-5-7-15(8-6-14)18(16-4-3-10-25-16)20-12-17(22)21-19(2)9-11-26(23,24)13-19/h3-8,10,18,20H,9,11-13H2,1-2H3,(H,21,22)/p+1/t18-,19+/m1/s1. The molecule has 7 heteroatoms. The Morgan fingerprint density at radius 3 is 2.62 bits per heavy atom. The Labute approximate surface area is 158 Å². The number of carbonyl (C=O) groups is 1. The average Bonchev–Trinajstić information content (AvgIpc) is 3.17. The molecule has 1 aliphatic rings. The molecule has 0 bridgehead atoms. The second-order valence-electron chi connectivity index (χ2n) is 7.29. The smallest absolute Gasteiger partial charge is 0.275 e. The molecule has 1 saturated heterocycles. The highest BCUT2D eigenvalue weighted by molar-refractivity contribution is 7.91. The molecule has 1 aromatic carbocycles. The van der Waals surface area contributed by atoms with Crippen LogP contribution in [0.2, 0.25) is 0 Å². The molecule has 0 unspecified atom stereocenters. The van der Waals surface area contributed by atoms with Gasteiger partial charge in [0.1, 0.15) is 6.04 Å². The lowest BCUT2D eigenvalue weighted by atomic mass is 10.0. The van der Waals surface area contributed by atoms with Gasteiger partial charge < -0.3 is 10.6 Å². The molecule has 0 spiro atoms. The van der Waals surface area contributed by atoms with Gasteiger partial charge in [0.2, 0.25) is 0 Å². The molecule has 26 heavy (non-hydrogen) atoms. The number of amides is 1. The summed E-state index contributed by atoms with van der Waals surface area (Å²) in [5, 5.41) is 6.98. The summed E-state index contributed by atoms with van der Waals surface area (Å²) in [5.41, 5.74) is 1.71. The van der Waals surface area contributed by atoms with Crippen molar-refractivity contribution < 1.29 is 18.5 Å². The van der Waals surface area contributed by atoms with Crippen molar-refractivity contribution in [1.29, 1.82) is 0 Å². The third-order valence-electron chi connectivity index (χ3n) is 4.77. The fourth-order valence-corrected chi connectivity index (χ4v) is 6.32. The van der Waals surface area contributed by atoms with E-state index in [0.717, 1.165) is 5.56 Å². The van der Waals surface area contributed by atoms with Crippen LogP contribution in [0.15, 0.2) is 41.8 Å². The molecule has 3 rings (SSSR count). The lowest BCUT2D eigenvalue weighted by Gasteiger charge is -2.24. The average molecular weight is 394 g/mol. The monoisotopic (exact) mass is 393 g/mol. The Morgan fingerprint density at radius 2 is 2.04 bits per heavy atom. The van der Waals surface area contributed by atoms with Crippen molar-refractivity contribution >= 4 is 27.1 Å². The normalized spacial score (nSPS) is 22.8. The van der Waals surface area contributed by atoms with E-state index in [4.69, 9.17) is 0 Å². The first kappa shape index (κ1) is 19.1. The van der Waals surface area contributed by atoms with Crippen LogP contribution in [0.25, 0.3) is 0 Å². The Hall–Kier alpha value is -1.70. The highest BCUT2D eigenvalue weighted by atomic mass is 32.2. The minimum absolute atomic E-state index is 0.0258. The van der Waals surface area contributed by atoms with Crippen LogP contribution in [0.5, 0.6) is 0 Å². The molecule has 1 aromatic heterocycles. The molecule has 5 nitrogen and oxygen atoms in total. The first-order valence-electron chi connectivity index (χ1n) is 8.71. The summed E-state index contributed by atoms with van der Waals surface area (Å²) in [6.45, 7) is 4.12. The predicted octanol–water partition coefficient (Wildman–Crippen LogP) is 1.40. The van der Waals surface area contributed by atoms with Crippen molar-refractivity contribution in [3.63, 3.8) is 0 Å². The fraction of sp³-hybridized carbons (Fsp3) is 0.421. The number of rotatable bonds is 6. The number of sulfone groups is 1. The molecule has 0 saturated carbocycles. The SMILES string of the molecule is Cc1ccc([C@@H]([NH2+]CC(=O)N[C@@]2(C)CCS(=O)(=O)C2)c2cccs2)cc1.